The molecule has 3 rings (SSSR count). The molecule has 0 unspecified atom stereocenters. The lowest BCUT2D eigenvalue weighted by atomic mass is 9.78. The fourth-order valence-electron chi connectivity index (χ4n) is 3.57. The molecule has 0 atom stereocenters. The third-order valence-corrected chi connectivity index (χ3v) is 5.33. The Bertz CT molecular complexity index is 739. The number of halogens is 2. The zero-order chi connectivity index (χ0) is 18.4. The zero-order valence-corrected chi connectivity index (χ0v) is 17.0. The summed E-state index contributed by atoms with van der Waals surface area (Å²) in [7, 11) is 1.66. The SMILES string of the molecule is COCC1(C(=O)NCc2ccccc2-c2ccc(Cl)cc2)CCNCC1.Cl. The molecular formula is C21H26Cl2N2O2. The molecule has 1 fully saturated rings. The Kier molecular flexibility index (Phi) is 8.11. The van der Waals surface area contributed by atoms with Crippen molar-refractivity contribution < 1.29 is 9.53 Å². The van der Waals surface area contributed by atoms with Crippen molar-refractivity contribution in [3.63, 3.8) is 0 Å². The van der Waals surface area contributed by atoms with E-state index in [1.165, 1.54) is 0 Å². The third-order valence-electron chi connectivity index (χ3n) is 5.07. The minimum atomic E-state index is -0.435. The number of piperidine rings is 1. The average Bonchev–Trinajstić information content (AvgIpc) is 2.68. The number of amides is 1. The molecule has 0 aliphatic carbocycles. The lowest BCUT2D eigenvalue weighted by Crippen LogP contribution is -2.50. The highest BCUT2D eigenvalue weighted by Crippen LogP contribution is 2.30. The predicted molar refractivity (Wildman–Crippen MR) is 112 cm³/mol. The smallest absolute Gasteiger partial charge is 0.228 e. The normalized spacial score (nSPS) is 15.6. The molecule has 2 aromatic carbocycles. The summed E-state index contributed by atoms with van der Waals surface area (Å²) in [5.41, 5.74) is 2.85. The van der Waals surface area contributed by atoms with Crippen molar-refractivity contribution in [2.45, 2.75) is 19.4 Å². The van der Waals surface area contributed by atoms with E-state index in [0.29, 0.717) is 18.2 Å². The summed E-state index contributed by atoms with van der Waals surface area (Å²) in [5.74, 6) is 0.0757. The molecule has 2 N–H and O–H groups in total. The minimum Gasteiger partial charge on any atom is -0.384 e. The van der Waals surface area contributed by atoms with Gasteiger partial charge < -0.3 is 15.4 Å². The molecule has 1 amide bonds. The van der Waals surface area contributed by atoms with Crippen LogP contribution in [-0.2, 0) is 16.1 Å². The lowest BCUT2D eigenvalue weighted by molar-refractivity contribution is -0.136. The van der Waals surface area contributed by atoms with Gasteiger partial charge in [-0.1, -0.05) is 48.0 Å². The summed E-state index contributed by atoms with van der Waals surface area (Å²) in [5, 5.41) is 7.17. The first-order valence-corrected chi connectivity index (χ1v) is 9.34. The molecule has 27 heavy (non-hydrogen) atoms. The lowest BCUT2D eigenvalue weighted by Gasteiger charge is -2.35. The Morgan fingerprint density at radius 3 is 2.48 bits per heavy atom. The van der Waals surface area contributed by atoms with Gasteiger partial charge in [-0.25, -0.2) is 0 Å². The van der Waals surface area contributed by atoms with E-state index in [1.807, 2.05) is 36.4 Å². The molecule has 0 saturated carbocycles. The highest BCUT2D eigenvalue weighted by Gasteiger charge is 2.39. The maximum Gasteiger partial charge on any atom is 0.228 e. The Morgan fingerprint density at radius 2 is 1.81 bits per heavy atom. The molecule has 4 nitrogen and oxygen atoms in total. The maximum atomic E-state index is 12.9. The first-order chi connectivity index (χ1) is 12.6. The van der Waals surface area contributed by atoms with Crippen LogP contribution in [0.3, 0.4) is 0 Å². The van der Waals surface area contributed by atoms with Crippen LogP contribution in [0, 0.1) is 5.41 Å². The Balaban J connectivity index is 0.00000261. The van der Waals surface area contributed by atoms with Gasteiger partial charge in [0.1, 0.15) is 0 Å². The predicted octanol–water partition coefficient (Wildman–Crippen LogP) is 4.06. The fourth-order valence-corrected chi connectivity index (χ4v) is 3.69. The first kappa shape index (κ1) is 21.7. The van der Waals surface area contributed by atoms with Crippen LogP contribution in [0.5, 0.6) is 0 Å². The van der Waals surface area contributed by atoms with Crippen LogP contribution in [0.2, 0.25) is 5.02 Å². The van der Waals surface area contributed by atoms with E-state index >= 15 is 0 Å². The monoisotopic (exact) mass is 408 g/mol. The molecule has 1 saturated heterocycles. The second kappa shape index (κ2) is 10.1. The quantitative estimate of drug-likeness (QED) is 0.757. The number of carbonyl (C=O) groups is 1. The van der Waals surface area contributed by atoms with Crippen LogP contribution in [0.15, 0.2) is 48.5 Å². The molecule has 2 aromatic rings. The molecular weight excluding hydrogens is 383 g/mol. The maximum absolute atomic E-state index is 12.9. The van der Waals surface area contributed by atoms with E-state index in [2.05, 4.69) is 22.8 Å². The van der Waals surface area contributed by atoms with Crippen molar-refractivity contribution in [3.05, 3.63) is 59.1 Å². The minimum absolute atomic E-state index is 0. The molecule has 0 radical (unpaired) electrons. The van der Waals surface area contributed by atoms with Gasteiger partial charge in [-0.3, -0.25) is 4.79 Å². The molecule has 1 aliphatic heterocycles. The van der Waals surface area contributed by atoms with Crippen molar-refractivity contribution in [1.82, 2.24) is 10.6 Å². The zero-order valence-electron chi connectivity index (χ0n) is 15.5. The van der Waals surface area contributed by atoms with E-state index < -0.39 is 5.41 Å². The number of hydrogen-bond donors (Lipinski definition) is 2. The van der Waals surface area contributed by atoms with Crippen molar-refractivity contribution in [3.8, 4) is 11.1 Å². The summed E-state index contributed by atoms with van der Waals surface area (Å²) >= 11 is 6.00. The van der Waals surface area contributed by atoms with E-state index in [9.17, 15) is 4.79 Å². The number of rotatable bonds is 6. The van der Waals surface area contributed by atoms with Crippen LogP contribution in [0.4, 0.5) is 0 Å². The van der Waals surface area contributed by atoms with Gasteiger partial charge in [-0.05, 0) is 54.8 Å². The summed E-state index contributed by atoms with van der Waals surface area (Å²) in [6.45, 7) is 2.64. The second-order valence-corrected chi connectivity index (χ2v) is 7.25. The van der Waals surface area contributed by atoms with Crippen LogP contribution in [0.1, 0.15) is 18.4 Å². The van der Waals surface area contributed by atoms with Crippen molar-refractivity contribution in [2.24, 2.45) is 5.41 Å². The van der Waals surface area contributed by atoms with E-state index in [-0.39, 0.29) is 18.3 Å². The van der Waals surface area contributed by atoms with Crippen LogP contribution < -0.4 is 10.6 Å². The molecule has 1 aliphatic rings. The van der Waals surface area contributed by atoms with Gasteiger partial charge in [0, 0.05) is 18.7 Å². The van der Waals surface area contributed by atoms with Crippen LogP contribution in [0.25, 0.3) is 11.1 Å². The van der Waals surface area contributed by atoms with Gasteiger partial charge in [-0.2, -0.15) is 0 Å². The molecule has 0 aromatic heterocycles. The Labute approximate surface area is 172 Å². The number of carbonyl (C=O) groups excluding carboxylic acids is 1. The molecule has 146 valence electrons. The average molecular weight is 409 g/mol. The molecule has 1 heterocycles. The van der Waals surface area contributed by atoms with E-state index in [0.717, 1.165) is 42.6 Å². The van der Waals surface area contributed by atoms with Crippen molar-refractivity contribution >= 4 is 29.9 Å². The van der Waals surface area contributed by atoms with Crippen molar-refractivity contribution in [1.29, 1.82) is 0 Å². The van der Waals surface area contributed by atoms with Gasteiger partial charge in [0.15, 0.2) is 0 Å². The van der Waals surface area contributed by atoms with E-state index in [4.69, 9.17) is 16.3 Å². The summed E-state index contributed by atoms with van der Waals surface area (Å²) in [4.78, 5) is 12.9. The Hall–Kier alpha value is -1.59. The van der Waals surface area contributed by atoms with Crippen LogP contribution >= 0.6 is 24.0 Å². The number of benzene rings is 2. The van der Waals surface area contributed by atoms with Gasteiger partial charge in [-0.15, -0.1) is 12.4 Å². The largest absolute Gasteiger partial charge is 0.384 e. The first-order valence-electron chi connectivity index (χ1n) is 8.96. The fraction of sp³-hybridized carbons (Fsp3) is 0.381. The topological polar surface area (TPSA) is 50.4 Å². The van der Waals surface area contributed by atoms with Gasteiger partial charge in [0.25, 0.3) is 0 Å². The van der Waals surface area contributed by atoms with Crippen LogP contribution in [-0.4, -0.2) is 32.7 Å². The number of hydrogen-bond acceptors (Lipinski definition) is 3. The third kappa shape index (κ3) is 5.23. The summed E-state index contributed by atoms with van der Waals surface area (Å²) < 4.78 is 5.36. The summed E-state index contributed by atoms with van der Waals surface area (Å²) in [6.07, 6.45) is 1.59. The number of methoxy groups -OCH3 is 1. The molecule has 6 heteroatoms. The second-order valence-electron chi connectivity index (χ2n) is 6.81. The van der Waals surface area contributed by atoms with Gasteiger partial charge in [0.05, 0.1) is 12.0 Å². The van der Waals surface area contributed by atoms with Gasteiger partial charge in [0.2, 0.25) is 5.91 Å². The van der Waals surface area contributed by atoms with Gasteiger partial charge >= 0.3 is 0 Å². The molecule has 0 spiro atoms. The number of ether oxygens (including phenoxy) is 1. The number of nitrogens with one attached hydrogen (secondary N) is 2. The summed E-state index contributed by atoms with van der Waals surface area (Å²) in [6, 6.07) is 15.9. The highest BCUT2D eigenvalue weighted by molar-refractivity contribution is 6.30. The molecule has 0 bridgehead atoms. The van der Waals surface area contributed by atoms with E-state index in [1.54, 1.807) is 7.11 Å². The standard InChI is InChI=1S/C21H25ClN2O2.ClH/c1-26-15-21(10-12-23-13-11-21)20(25)24-14-17-4-2-3-5-19(17)16-6-8-18(22)9-7-16;/h2-9,23H,10-15H2,1H3,(H,24,25);1H. The Morgan fingerprint density at radius 1 is 1.15 bits per heavy atom. The highest BCUT2D eigenvalue weighted by atomic mass is 35.5. The van der Waals surface area contributed by atoms with Crippen molar-refractivity contribution in [2.75, 3.05) is 26.8 Å².